The van der Waals surface area contributed by atoms with E-state index in [1.54, 1.807) is 47.9 Å². The summed E-state index contributed by atoms with van der Waals surface area (Å²) in [6.45, 7) is 3.65. The SMILES string of the molecule is CCCN(C(=O)c1cc(Cl)cc(OCCNc2ccncc2)c1)c1cccnc1. The quantitative estimate of drug-likeness (QED) is 0.519. The van der Waals surface area contributed by atoms with Crippen LogP contribution in [0.15, 0.2) is 67.3 Å². The van der Waals surface area contributed by atoms with Crippen LogP contribution in [0.5, 0.6) is 5.75 Å². The van der Waals surface area contributed by atoms with Crippen LogP contribution in [0.25, 0.3) is 0 Å². The number of nitrogens with one attached hydrogen (secondary N) is 1. The first-order valence-electron chi connectivity index (χ1n) is 9.46. The summed E-state index contributed by atoms with van der Waals surface area (Å²) < 4.78 is 5.80. The number of aromatic nitrogens is 2. The standard InChI is InChI=1S/C22H23ClN4O2/c1-2-11-27(20-4-3-7-25-16-20)22(28)17-13-18(23)15-21(14-17)29-12-10-26-19-5-8-24-9-6-19/h3-9,13-16H,2,10-12H2,1H3,(H,24,26). The Morgan fingerprint density at radius 2 is 1.97 bits per heavy atom. The summed E-state index contributed by atoms with van der Waals surface area (Å²) >= 11 is 6.24. The van der Waals surface area contributed by atoms with Crippen molar-refractivity contribution in [2.24, 2.45) is 0 Å². The minimum atomic E-state index is -0.137. The minimum absolute atomic E-state index is 0.137. The molecule has 0 aliphatic heterocycles. The van der Waals surface area contributed by atoms with Crippen molar-refractivity contribution in [3.05, 3.63) is 77.8 Å². The molecule has 1 aromatic carbocycles. The lowest BCUT2D eigenvalue weighted by molar-refractivity contribution is 0.0986. The van der Waals surface area contributed by atoms with E-state index < -0.39 is 0 Å². The molecule has 0 fully saturated rings. The van der Waals surface area contributed by atoms with Gasteiger partial charge >= 0.3 is 0 Å². The van der Waals surface area contributed by atoms with Gasteiger partial charge in [0.1, 0.15) is 12.4 Å². The first-order chi connectivity index (χ1) is 14.2. The Morgan fingerprint density at radius 1 is 1.14 bits per heavy atom. The van der Waals surface area contributed by atoms with Gasteiger partial charge in [0.2, 0.25) is 0 Å². The Bertz CT molecular complexity index is 923. The van der Waals surface area contributed by atoms with Crippen molar-refractivity contribution in [3.8, 4) is 5.75 Å². The van der Waals surface area contributed by atoms with Crippen molar-refractivity contribution in [1.29, 1.82) is 0 Å². The molecule has 3 rings (SSSR count). The second-order valence-electron chi connectivity index (χ2n) is 6.35. The van der Waals surface area contributed by atoms with Gasteiger partial charge in [0.05, 0.1) is 11.9 Å². The molecule has 2 aromatic heterocycles. The molecule has 29 heavy (non-hydrogen) atoms. The zero-order chi connectivity index (χ0) is 20.5. The Hall–Kier alpha value is -3.12. The molecular formula is C22H23ClN4O2. The van der Waals surface area contributed by atoms with Crippen LogP contribution in [0, 0.1) is 0 Å². The van der Waals surface area contributed by atoms with E-state index in [-0.39, 0.29) is 5.91 Å². The van der Waals surface area contributed by atoms with Crippen LogP contribution >= 0.6 is 11.6 Å². The van der Waals surface area contributed by atoms with E-state index in [4.69, 9.17) is 16.3 Å². The number of carbonyl (C=O) groups is 1. The summed E-state index contributed by atoms with van der Waals surface area (Å²) in [5, 5.41) is 3.70. The van der Waals surface area contributed by atoms with Crippen LogP contribution in [-0.4, -0.2) is 35.6 Å². The van der Waals surface area contributed by atoms with Gasteiger partial charge < -0.3 is 15.0 Å². The molecule has 0 bridgehead atoms. The van der Waals surface area contributed by atoms with E-state index in [1.165, 1.54) is 0 Å². The van der Waals surface area contributed by atoms with Gasteiger partial charge in [-0.05, 0) is 48.9 Å². The van der Waals surface area contributed by atoms with Crippen LogP contribution in [-0.2, 0) is 0 Å². The summed E-state index contributed by atoms with van der Waals surface area (Å²) in [5.41, 5.74) is 2.20. The molecule has 0 saturated heterocycles. The van der Waals surface area contributed by atoms with Gasteiger partial charge in [0.15, 0.2) is 0 Å². The van der Waals surface area contributed by atoms with Gasteiger partial charge in [-0.2, -0.15) is 0 Å². The van der Waals surface area contributed by atoms with Crippen molar-refractivity contribution >= 4 is 28.9 Å². The van der Waals surface area contributed by atoms with Gasteiger partial charge in [-0.1, -0.05) is 18.5 Å². The van der Waals surface area contributed by atoms with E-state index in [0.29, 0.717) is 36.0 Å². The normalized spacial score (nSPS) is 10.4. The molecule has 0 saturated carbocycles. The summed E-state index contributed by atoms with van der Waals surface area (Å²) in [6.07, 6.45) is 7.64. The number of nitrogens with zero attached hydrogens (tertiary/aromatic N) is 3. The Morgan fingerprint density at radius 3 is 2.69 bits per heavy atom. The van der Waals surface area contributed by atoms with Crippen LogP contribution in [0.3, 0.4) is 0 Å². The van der Waals surface area contributed by atoms with Crippen molar-refractivity contribution in [2.75, 3.05) is 29.9 Å². The molecule has 2 heterocycles. The number of amides is 1. The third-order valence-electron chi connectivity index (χ3n) is 4.15. The summed E-state index contributed by atoms with van der Waals surface area (Å²) in [6, 6.07) is 12.5. The summed E-state index contributed by atoms with van der Waals surface area (Å²) in [4.78, 5) is 22.9. The number of carbonyl (C=O) groups excluding carboxylic acids is 1. The molecule has 7 heteroatoms. The maximum atomic E-state index is 13.1. The maximum Gasteiger partial charge on any atom is 0.258 e. The zero-order valence-corrected chi connectivity index (χ0v) is 17.0. The Kier molecular flexibility index (Phi) is 7.41. The van der Waals surface area contributed by atoms with Crippen molar-refractivity contribution in [2.45, 2.75) is 13.3 Å². The number of ether oxygens (including phenoxy) is 1. The van der Waals surface area contributed by atoms with Crippen LogP contribution in [0.1, 0.15) is 23.7 Å². The number of pyridine rings is 2. The van der Waals surface area contributed by atoms with Crippen molar-refractivity contribution < 1.29 is 9.53 Å². The first kappa shape index (κ1) is 20.6. The maximum absolute atomic E-state index is 13.1. The predicted molar refractivity (Wildman–Crippen MR) is 116 cm³/mol. The number of benzene rings is 1. The Balaban J connectivity index is 1.67. The second-order valence-corrected chi connectivity index (χ2v) is 6.79. The molecule has 150 valence electrons. The van der Waals surface area contributed by atoms with Gasteiger partial charge in [-0.15, -0.1) is 0 Å². The summed E-state index contributed by atoms with van der Waals surface area (Å²) in [7, 11) is 0. The molecule has 1 amide bonds. The molecule has 0 atom stereocenters. The minimum Gasteiger partial charge on any atom is -0.492 e. The fourth-order valence-corrected chi connectivity index (χ4v) is 3.07. The van der Waals surface area contributed by atoms with Crippen molar-refractivity contribution in [3.63, 3.8) is 0 Å². The lowest BCUT2D eigenvalue weighted by atomic mass is 10.1. The molecule has 6 nitrogen and oxygen atoms in total. The topological polar surface area (TPSA) is 67.3 Å². The molecule has 0 aliphatic carbocycles. The molecule has 1 N–H and O–H groups in total. The number of hydrogen-bond acceptors (Lipinski definition) is 5. The molecule has 0 aliphatic rings. The van der Waals surface area contributed by atoms with E-state index in [9.17, 15) is 4.79 Å². The van der Waals surface area contributed by atoms with E-state index in [1.807, 2.05) is 31.2 Å². The number of rotatable bonds is 9. The average Bonchev–Trinajstić information content (AvgIpc) is 2.75. The number of anilines is 2. The van der Waals surface area contributed by atoms with E-state index in [0.717, 1.165) is 17.8 Å². The lowest BCUT2D eigenvalue weighted by Crippen LogP contribution is -2.31. The fraction of sp³-hybridized carbons (Fsp3) is 0.227. The van der Waals surface area contributed by atoms with Gasteiger partial charge in [-0.25, -0.2) is 0 Å². The highest BCUT2D eigenvalue weighted by Gasteiger charge is 2.18. The van der Waals surface area contributed by atoms with Gasteiger partial charge in [-0.3, -0.25) is 14.8 Å². The van der Waals surface area contributed by atoms with Gasteiger partial charge in [0.25, 0.3) is 5.91 Å². The third kappa shape index (κ3) is 5.93. The monoisotopic (exact) mass is 410 g/mol. The first-order valence-corrected chi connectivity index (χ1v) is 9.84. The third-order valence-corrected chi connectivity index (χ3v) is 4.37. The summed E-state index contributed by atoms with van der Waals surface area (Å²) in [5.74, 6) is 0.419. The molecule has 0 unspecified atom stereocenters. The highest BCUT2D eigenvalue weighted by Crippen LogP contribution is 2.24. The van der Waals surface area contributed by atoms with Crippen LogP contribution < -0.4 is 15.0 Å². The second kappa shape index (κ2) is 10.4. The van der Waals surface area contributed by atoms with E-state index in [2.05, 4.69) is 15.3 Å². The predicted octanol–water partition coefficient (Wildman–Crippen LogP) is 4.68. The molecular weight excluding hydrogens is 388 g/mol. The van der Waals surface area contributed by atoms with Gasteiger partial charge in [0, 0.05) is 48.0 Å². The van der Waals surface area contributed by atoms with Crippen LogP contribution in [0.2, 0.25) is 5.02 Å². The van der Waals surface area contributed by atoms with Crippen LogP contribution in [0.4, 0.5) is 11.4 Å². The molecule has 0 spiro atoms. The number of hydrogen-bond donors (Lipinski definition) is 1. The Labute approximate surface area is 175 Å². The highest BCUT2D eigenvalue weighted by atomic mass is 35.5. The largest absolute Gasteiger partial charge is 0.492 e. The smallest absolute Gasteiger partial charge is 0.258 e. The fourth-order valence-electron chi connectivity index (χ4n) is 2.84. The van der Waals surface area contributed by atoms with Crippen molar-refractivity contribution in [1.82, 2.24) is 9.97 Å². The highest BCUT2D eigenvalue weighted by molar-refractivity contribution is 6.31. The zero-order valence-electron chi connectivity index (χ0n) is 16.2. The van der Waals surface area contributed by atoms with E-state index >= 15 is 0 Å². The average molecular weight is 411 g/mol. The number of halogens is 1. The molecule has 3 aromatic rings. The molecule has 0 radical (unpaired) electrons. The lowest BCUT2D eigenvalue weighted by Gasteiger charge is -2.22.